The smallest absolute Gasteiger partial charge is 0.244 e. The molecule has 0 fully saturated rings. The lowest BCUT2D eigenvalue weighted by Crippen LogP contribution is -2.28. The molecule has 0 saturated heterocycles. The van der Waals surface area contributed by atoms with Gasteiger partial charge in [0.1, 0.15) is 6.33 Å². The van der Waals surface area contributed by atoms with Gasteiger partial charge in [-0.25, -0.2) is 0 Å². The van der Waals surface area contributed by atoms with Crippen molar-refractivity contribution in [1.82, 2.24) is 35.7 Å². The van der Waals surface area contributed by atoms with Gasteiger partial charge in [-0.1, -0.05) is 54.1 Å². The number of rotatable bonds is 8. The summed E-state index contributed by atoms with van der Waals surface area (Å²) in [6.45, 7) is 0.322. The zero-order valence-electron chi connectivity index (χ0n) is 20.1. The molecular formula is C28H23ClN8O. The summed E-state index contributed by atoms with van der Waals surface area (Å²) in [5.74, 6) is -0.478. The highest BCUT2D eigenvalue weighted by Crippen LogP contribution is 2.27. The first-order valence-electron chi connectivity index (χ1n) is 11.8. The van der Waals surface area contributed by atoms with Gasteiger partial charge in [0, 0.05) is 40.4 Å². The number of carbonyl (C=O) groups is 1. The molecule has 9 nitrogen and oxygen atoms in total. The summed E-state index contributed by atoms with van der Waals surface area (Å²) in [6, 6.07) is 24.7. The number of amides is 1. The van der Waals surface area contributed by atoms with Crippen LogP contribution >= 0.6 is 11.6 Å². The summed E-state index contributed by atoms with van der Waals surface area (Å²) in [4.78, 5) is 12.9. The van der Waals surface area contributed by atoms with Crippen molar-refractivity contribution in [1.29, 1.82) is 0 Å². The van der Waals surface area contributed by atoms with Gasteiger partial charge in [0.05, 0.1) is 17.6 Å². The summed E-state index contributed by atoms with van der Waals surface area (Å²) >= 11 is 6.18. The molecule has 10 heteroatoms. The first kappa shape index (κ1) is 24.8. The number of nitrogens with zero attached hydrogens (tertiary/aromatic N) is 6. The number of benzene rings is 3. The van der Waals surface area contributed by atoms with E-state index in [2.05, 4.69) is 31.0 Å². The fourth-order valence-corrected chi connectivity index (χ4v) is 4.21. The Bertz CT molecular complexity index is 1550. The maximum Gasteiger partial charge on any atom is 0.244 e. The molecule has 2 aromatic heterocycles. The normalized spacial score (nSPS) is 11.9. The first-order valence-corrected chi connectivity index (χ1v) is 12.2. The molecule has 188 valence electrons. The van der Waals surface area contributed by atoms with Crippen molar-refractivity contribution in [2.24, 2.45) is 0 Å². The number of carbonyl (C=O) groups excluding carboxylic acids is 1. The summed E-state index contributed by atoms with van der Waals surface area (Å²) in [7, 11) is 0. The summed E-state index contributed by atoms with van der Waals surface area (Å²) < 4.78 is 1.51. The van der Waals surface area contributed by atoms with Crippen molar-refractivity contribution in [2.45, 2.75) is 5.92 Å². The van der Waals surface area contributed by atoms with Gasteiger partial charge >= 0.3 is 0 Å². The highest BCUT2D eigenvalue weighted by Gasteiger charge is 2.18. The van der Waals surface area contributed by atoms with E-state index in [-0.39, 0.29) is 11.8 Å². The van der Waals surface area contributed by atoms with Crippen LogP contribution in [0.4, 0.5) is 5.69 Å². The number of halogens is 1. The minimum atomic E-state index is -0.267. The van der Waals surface area contributed by atoms with Crippen LogP contribution in [0.5, 0.6) is 0 Å². The van der Waals surface area contributed by atoms with Crippen molar-refractivity contribution in [2.75, 3.05) is 12.3 Å². The van der Waals surface area contributed by atoms with Crippen molar-refractivity contribution in [3.8, 4) is 16.8 Å². The fourth-order valence-electron chi connectivity index (χ4n) is 4.03. The largest absolute Gasteiger partial charge is 0.399 e. The van der Waals surface area contributed by atoms with E-state index in [9.17, 15) is 4.79 Å². The standard InChI is InChI=1S/C28H23ClN8O/c29-23-9-12-27(37-18-33-35-36-37)21(14-23)8-13-28(38)31-17-25(20-4-2-1-3-5-20)26-15-22(16-32-34-26)19-6-10-24(30)11-7-19/h1-16,18,25H,17,30H2,(H,31,38)/b13-8+. The molecule has 0 aliphatic carbocycles. The van der Waals surface area contributed by atoms with Gasteiger partial charge in [-0.2, -0.15) is 14.9 Å². The Morgan fingerprint density at radius 2 is 1.82 bits per heavy atom. The molecule has 5 rings (SSSR count). The second-order valence-corrected chi connectivity index (χ2v) is 8.93. The molecule has 38 heavy (non-hydrogen) atoms. The summed E-state index contributed by atoms with van der Waals surface area (Å²) in [5.41, 5.74) is 11.6. The minimum Gasteiger partial charge on any atom is -0.399 e. The Hall–Kier alpha value is -4.89. The van der Waals surface area contributed by atoms with E-state index < -0.39 is 0 Å². The molecule has 1 unspecified atom stereocenters. The number of nitrogens with one attached hydrogen (secondary N) is 1. The Kier molecular flexibility index (Phi) is 7.47. The Morgan fingerprint density at radius 1 is 1.00 bits per heavy atom. The topological polar surface area (TPSA) is 125 Å². The van der Waals surface area contributed by atoms with Gasteiger partial charge in [-0.3, -0.25) is 4.79 Å². The quantitative estimate of drug-likeness (QED) is 0.230. The highest BCUT2D eigenvalue weighted by atomic mass is 35.5. The van der Waals surface area contributed by atoms with Crippen LogP contribution in [-0.2, 0) is 4.79 Å². The van der Waals surface area contributed by atoms with Gasteiger partial charge in [0.15, 0.2) is 0 Å². The molecule has 3 aromatic carbocycles. The monoisotopic (exact) mass is 522 g/mol. The van der Waals surface area contributed by atoms with E-state index in [4.69, 9.17) is 17.3 Å². The van der Waals surface area contributed by atoms with Crippen LogP contribution in [0.2, 0.25) is 5.02 Å². The number of nitrogens with two attached hydrogens (primary N) is 1. The van der Waals surface area contributed by atoms with Gasteiger partial charge in [-0.05, 0) is 64.0 Å². The molecular weight excluding hydrogens is 500 g/mol. The number of hydrogen-bond acceptors (Lipinski definition) is 7. The zero-order chi connectivity index (χ0) is 26.3. The van der Waals surface area contributed by atoms with Crippen LogP contribution in [0, 0.1) is 0 Å². The zero-order valence-corrected chi connectivity index (χ0v) is 20.9. The summed E-state index contributed by atoms with van der Waals surface area (Å²) in [6.07, 6.45) is 6.32. The molecule has 0 aliphatic heterocycles. The molecule has 0 saturated carbocycles. The molecule has 0 radical (unpaired) electrons. The van der Waals surface area contributed by atoms with Gasteiger partial charge in [0.2, 0.25) is 5.91 Å². The molecule has 0 spiro atoms. The van der Waals surface area contributed by atoms with Gasteiger partial charge in [0.25, 0.3) is 0 Å². The molecule has 3 N–H and O–H groups in total. The Morgan fingerprint density at radius 3 is 2.58 bits per heavy atom. The van der Waals surface area contributed by atoms with Crippen LogP contribution in [0.25, 0.3) is 22.9 Å². The average molecular weight is 523 g/mol. The molecule has 2 heterocycles. The highest BCUT2D eigenvalue weighted by molar-refractivity contribution is 6.30. The minimum absolute atomic E-state index is 0.210. The van der Waals surface area contributed by atoms with E-state index in [1.807, 2.05) is 60.7 Å². The SMILES string of the molecule is Nc1ccc(-c2cnnc(C(CNC(=O)/C=C/c3cc(Cl)ccc3-n3cnnn3)c3ccccc3)c2)cc1. The predicted molar refractivity (Wildman–Crippen MR) is 146 cm³/mol. The van der Waals surface area contributed by atoms with Crippen molar-refractivity contribution >= 4 is 29.3 Å². The molecule has 0 bridgehead atoms. The lowest BCUT2D eigenvalue weighted by molar-refractivity contribution is -0.116. The predicted octanol–water partition coefficient (Wildman–Crippen LogP) is 4.32. The molecule has 1 atom stereocenters. The Labute approximate surface area is 224 Å². The Balaban J connectivity index is 1.36. The third-order valence-corrected chi connectivity index (χ3v) is 6.19. The molecule has 0 aliphatic rings. The average Bonchev–Trinajstić information content (AvgIpc) is 3.48. The van der Waals surface area contributed by atoms with Crippen molar-refractivity contribution in [3.63, 3.8) is 0 Å². The van der Waals surface area contributed by atoms with Crippen molar-refractivity contribution < 1.29 is 4.79 Å². The van der Waals surface area contributed by atoms with Crippen LogP contribution < -0.4 is 11.1 Å². The lowest BCUT2D eigenvalue weighted by atomic mass is 9.93. The fraction of sp³-hybridized carbons (Fsp3) is 0.0714. The third kappa shape index (κ3) is 5.91. The van der Waals surface area contributed by atoms with E-state index in [0.29, 0.717) is 28.5 Å². The van der Waals surface area contributed by atoms with E-state index in [1.54, 1.807) is 30.5 Å². The number of aromatic nitrogens is 6. The van der Waals surface area contributed by atoms with E-state index in [0.717, 1.165) is 22.4 Å². The number of anilines is 1. The second kappa shape index (κ2) is 11.4. The third-order valence-electron chi connectivity index (χ3n) is 5.96. The maximum absolute atomic E-state index is 12.9. The molecule has 1 amide bonds. The summed E-state index contributed by atoms with van der Waals surface area (Å²) in [5, 5.41) is 23.4. The van der Waals surface area contributed by atoms with Crippen LogP contribution in [0.15, 0.2) is 97.5 Å². The number of nitrogen functional groups attached to an aromatic ring is 1. The second-order valence-electron chi connectivity index (χ2n) is 8.49. The lowest BCUT2D eigenvalue weighted by Gasteiger charge is -2.17. The van der Waals surface area contributed by atoms with E-state index >= 15 is 0 Å². The first-order chi connectivity index (χ1) is 18.6. The molecule has 5 aromatic rings. The van der Waals surface area contributed by atoms with Crippen LogP contribution in [0.3, 0.4) is 0 Å². The van der Waals surface area contributed by atoms with Crippen LogP contribution in [-0.4, -0.2) is 42.9 Å². The van der Waals surface area contributed by atoms with Gasteiger partial charge < -0.3 is 11.1 Å². The van der Waals surface area contributed by atoms with Crippen molar-refractivity contribution in [3.05, 3.63) is 119 Å². The number of hydrogen-bond donors (Lipinski definition) is 2. The number of tetrazole rings is 1. The van der Waals surface area contributed by atoms with Crippen LogP contribution in [0.1, 0.15) is 22.7 Å². The van der Waals surface area contributed by atoms with Gasteiger partial charge in [-0.15, -0.1) is 5.10 Å². The van der Waals surface area contributed by atoms with E-state index in [1.165, 1.54) is 17.1 Å². The maximum atomic E-state index is 12.9.